The number of amides is 1. The lowest BCUT2D eigenvalue weighted by molar-refractivity contribution is -0.116. The van der Waals surface area contributed by atoms with Crippen molar-refractivity contribution in [2.24, 2.45) is 0 Å². The van der Waals surface area contributed by atoms with Crippen molar-refractivity contribution in [2.45, 2.75) is 39.0 Å². The number of carbonyl (C=O) groups is 1. The van der Waals surface area contributed by atoms with Gasteiger partial charge >= 0.3 is 0 Å². The van der Waals surface area contributed by atoms with E-state index in [0.717, 1.165) is 23.7 Å². The van der Waals surface area contributed by atoms with Crippen molar-refractivity contribution >= 4 is 22.6 Å². The summed E-state index contributed by atoms with van der Waals surface area (Å²) in [4.78, 5) is 11.8. The van der Waals surface area contributed by atoms with Crippen molar-refractivity contribution in [3.8, 4) is 0 Å². The van der Waals surface area contributed by atoms with Crippen molar-refractivity contribution in [2.75, 3.05) is 5.32 Å². The molecule has 2 rings (SSSR count). The molecule has 4 nitrogen and oxygen atoms in total. The Morgan fingerprint density at radius 3 is 2.94 bits per heavy atom. The van der Waals surface area contributed by atoms with E-state index in [1.807, 2.05) is 24.3 Å². The topological polar surface area (TPSA) is 57.8 Å². The first-order valence-electron chi connectivity index (χ1n) is 6.54. The third-order valence-corrected chi connectivity index (χ3v) is 2.99. The second-order valence-electron chi connectivity index (χ2n) is 4.48. The Hall–Kier alpha value is -1.84. The van der Waals surface area contributed by atoms with Gasteiger partial charge in [0.2, 0.25) is 5.91 Å². The summed E-state index contributed by atoms with van der Waals surface area (Å²) in [5.74, 6) is 0.675. The molecular formula is C14H19N3O. The number of para-hydroxylation sites is 1. The number of aromatic amines is 1. The van der Waals surface area contributed by atoms with Crippen LogP contribution in [0, 0.1) is 0 Å². The maximum atomic E-state index is 11.8. The molecule has 1 aromatic carbocycles. The van der Waals surface area contributed by atoms with Crippen LogP contribution in [0.25, 0.3) is 10.9 Å². The lowest BCUT2D eigenvalue weighted by Crippen LogP contribution is -2.11. The van der Waals surface area contributed by atoms with Gasteiger partial charge in [0.1, 0.15) is 0 Å². The SMILES string of the molecule is CCCCCCC(=O)Nc1n[nH]c2ccccc12. The average Bonchev–Trinajstić information content (AvgIpc) is 2.78. The van der Waals surface area contributed by atoms with E-state index in [0.29, 0.717) is 12.2 Å². The molecule has 0 saturated heterocycles. The van der Waals surface area contributed by atoms with Gasteiger partial charge in [0.05, 0.1) is 5.52 Å². The van der Waals surface area contributed by atoms with Crippen LogP contribution in [0.5, 0.6) is 0 Å². The van der Waals surface area contributed by atoms with Crippen molar-refractivity contribution < 1.29 is 4.79 Å². The first-order chi connectivity index (χ1) is 8.81. The molecule has 0 aliphatic rings. The Morgan fingerprint density at radius 2 is 2.11 bits per heavy atom. The summed E-state index contributed by atoms with van der Waals surface area (Å²) < 4.78 is 0. The number of hydrogen-bond acceptors (Lipinski definition) is 2. The van der Waals surface area contributed by atoms with Crippen molar-refractivity contribution in [3.63, 3.8) is 0 Å². The number of nitrogens with zero attached hydrogens (tertiary/aromatic N) is 1. The molecule has 1 heterocycles. The first-order valence-corrected chi connectivity index (χ1v) is 6.54. The van der Waals surface area contributed by atoms with Crippen LogP contribution in [-0.4, -0.2) is 16.1 Å². The summed E-state index contributed by atoms with van der Waals surface area (Å²) in [5.41, 5.74) is 0.943. The lowest BCUT2D eigenvalue weighted by atomic mass is 10.1. The molecule has 0 spiro atoms. The van der Waals surface area contributed by atoms with E-state index in [4.69, 9.17) is 0 Å². The number of benzene rings is 1. The molecule has 4 heteroatoms. The van der Waals surface area contributed by atoms with Crippen LogP contribution in [0.1, 0.15) is 39.0 Å². The summed E-state index contributed by atoms with van der Waals surface area (Å²) in [6.07, 6.45) is 5.01. The van der Waals surface area contributed by atoms with Gasteiger partial charge in [0.15, 0.2) is 5.82 Å². The zero-order valence-corrected chi connectivity index (χ0v) is 10.7. The zero-order valence-electron chi connectivity index (χ0n) is 10.7. The number of hydrogen-bond donors (Lipinski definition) is 2. The highest BCUT2D eigenvalue weighted by atomic mass is 16.1. The van der Waals surface area contributed by atoms with E-state index in [9.17, 15) is 4.79 Å². The van der Waals surface area contributed by atoms with E-state index in [-0.39, 0.29) is 5.91 Å². The van der Waals surface area contributed by atoms with Gasteiger partial charge in [-0.25, -0.2) is 0 Å². The Kier molecular flexibility index (Phi) is 4.34. The van der Waals surface area contributed by atoms with Gasteiger partial charge < -0.3 is 5.32 Å². The number of anilines is 1. The number of nitrogens with one attached hydrogen (secondary N) is 2. The standard InChI is InChI=1S/C14H19N3O/c1-2-3-4-5-10-13(18)15-14-11-8-6-7-9-12(11)16-17-14/h6-9H,2-5,10H2,1H3,(H2,15,16,17,18). The normalized spacial score (nSPS) is 10.7. The minimum Gasteiger partial charge on any atom is -0.309 e. The van der Waals surface area contributed by atoms with Gasteiger partial charge in [-0.05, 0) is 18.6 Å². The molecule has 1 amide bonds. The molecule has 0 bridgehead atoms. The summed E-state index contributed by atoms with van der Waals surface area (Å²) in [7, 11) is 0. The highest BCUT2D eigenvalue weighted by Gasteiger charge is 2.08. The van der Waals surface area contributed by atoms with Crippen LogP contribution in [0.15, 0.2) is 24.3 Å². The molecule has 0 atom stereocenters. The largest absolute Gasteiger partial charge is 0.309 e. The third-order valence-electron chi connectivity index (χ3n) is 2.99. The molecule has 0 unspecified atom stereocenters. The molecule has 1 aromatic heterocycles. The Bertz CT molecular complexity index is 518. The molecule has 0 fully saturated rings. The van der Waals surface area contributed by atoms with Crippen LogP contribution < -0.4 is 5.32 Å². The Labute approximate surface area is 107 Å². The highest BCUT2D eigenvalue weighted by Crippen LogP contribution is 2.19. The van der Waals surface area contributed by atoms with Crippen LogP contribution in [0.2, 0.25) is 0 Å². The van der Waals surface area contributed by atoms with Crippen LogP contribution in [-0.2, 0) is 4.79 Å². The molecule has 0 aliphatic carbocycles. The van der Waals surface area contributed by atoms with Crippen LogP contribution in [0.3, 0.4) is 0 Å². The molecule has 2 aromatic rings. The summed E-state index contributed by atoms with van der Waals surface area (Å²) in [6.45, 7) is 2.16. The molecule has 2 N–H and O–H groups in total. The highest BCUT2D eigenvalue weighted by molar-refractivity contribution is 5.99. The fraction of sp³-hybridized carbons (Fsp3) is 0.429. The van der Waals surface area contributed by atoms with E-state index in [1.54, 1.807) is 0 Å². The lowest BCUT2D eigenvalue weighted by Gasteiger charge is -2.02. The maximum Gasteiger partial charge on any atom is 0.225 e. The van der Waals surface area contributed by atoms with E-state index < -0.39 is 0 Å². The van der Waals surface area contributed by atoms with Crippen LogP contribution >= 0.6 is 0 Å². The quantitative estimate of drug-likeness (QED) is 0.765. The van der Waals surface area contributed by atoms with E-state index in [1.165, 1.54) is 12.8 Å². The van der Waals surface area contributed by atoms with Crippen LogP contribution in [0.4, 0.5) is 5.82 Å². The number of unbranched alkanes of at least 4 members (excludes halogenated alkanes) is 3. The van der Waals surface area contributed by atoms with Gasteiger partial charge in [0, 0.05) is 11.8 Å². The number of fused-ring (bicyclic) bond motifs is 1. The molecular weight excluding hydrogens is 226 g/mol. The predicted molar refractivity (Wildman–Crippen MR) is 73.5 cm³/mol. The van der Waals surface area contributed by atoms with Crippen molar-refractivity contribution in [1.29, 1.82) is 0 Å². The van der Waals surface area contributed by atoms with E-state index in [2.05, 4.69) is 22.4 Å². The van der Waals surface area contributed by atoms with Crippen molar-refractivity contribution in [1.82, 2.24) is 10.2 Å². The number of rotatable bonds is 6. The van der Waals surface area contributed by atoms with Gasteiger partial charge in [-0.15, -0.1) is 0 Å². The number of H-pyrrole nitrogens is 1. The average molecular weight is 245 g/mol. The van der Waals surface area contributed by atoms with E-state index >= 15 is 0 Å². The van der Waals surface area contributed by atoms with Crippen molar-refractivity contribution in [3.05, 3.63) is 24.3 Å². The second-order valence-corrected chi connectivity index (χ2v) is 4.48. The fourth-order valence-electron chi connectivity index (χ4n) is 1.97. The summed E-state index contributed by atoms with van der Waals surface area (Å²) in [5, 5.41) is 10.8. The van der Waals surface area contributed by atoms with Gasteiger partial charge in [0.25, 0.3) is 0 Å². The zero-order chi connectivity index (χ0) is 12.8. The minimum absolute atomic E-state index is 0.0448. The molecule has 18 heavy (non-hydrogen) atoms. The van der Waals surface area contributed by atoms with Gasteiger partial charge in [-0.2, -0.15) is 5.10 Å². The smallest absolute Gasteiger partial charge is 0.225 e. The maximum absolute atomic E-state index is 11.8. The second kappa shape index (κ2) is 6.19. The summed E-state index contributed by atoms with van der Waals surface area (Å²) in [6, 6.07) is 7.77. The Balaban J connectivity index is 1.91. The molecule has 0 aliphatic heterocycles. The monoisotopic (exact) mass is 245 g/mol. The molecule has 0 radical (unpaired) electrons. The molecule has 96 valence electrons. The molecule has 0 saturated carbocycles. The number of carbonyl (C=O) groups excluding carboxylic acids is 1. The predicted octanol–water partition coefficient (Wildman–Crippen LogP) is 3.47. The number of aromatic nitrogens is 2. The summed E-state index contributed by atoms with van der Waals surface area (Å²) >= 11 is 0. The fourth-order valence-corrected chi connectivity index (χ4v) is 1.97. The van der Waals surface area contributed by atoms with Gasteiger partial charge in [-0.3, -0.25) is 9.89 Å². The first kappa shape index (κ1) is 12.6. The third kappa shape index (κ3) is 3.09. The Morgan fingerprint density at radius 1 is 1.28 bits per heavy atom. The minimum atomic E-state index is 0.0448. The van der Waals surface area contributed by atoms with Gasteiger partial charge in [-0.1, -0.05) is 38.3 Å².